The highest BCUT2D eigenvalue weighted by Gasteiger charge is 2.30. The number of ketones is 1. The van der Waals surface area contributed by atoms with E-state index in [9.17, 15) is 9.59 Å². The zero-order chi connectivity index (χ0) is 11.3. The summed E-state index contributed by atoms with van der Waals surface area (Å²) in [6.45, 7) is 7.37. The SMILES string of the molecule is C=C1N(C)C(=O)N1C.CCC(=O)CC. The van der Waals surface area contributed by atoms with Gasteiger partial charge in [-0.15, -0.1) is 0 Å². The highest BCUT2D eigenvalue weighted by molar-refractivity contribution is 5.84. The van der Waals surface area contributed by atoms with Gasteiger partial charge < -0.3 is 0 Å². The Balaban J connectivity index is 0.000000255. The molecule has 0 radical (unpaired) electrons. The number of Topliss-reactive ketones (excluding diaryl/α,β-unsaturated/α-hetero) is 1. The van der Waals surface area contributed by atoms with Crippen LogP contribution in [-0.4, -0.2) is 35.7 Å². The summed E-state index contributed by atoms with van der Waals surface area (Å²) in [5.41, 5.74) is 0. The van der Waals surface area contributed by atoms with E-state index >= 15 is 0 Å². The van der Waals surface area contributed by atoms with Gasteiger partial charge in [0, 0.05) is 26.9 Å². The summed E-state index contributed by atoms with van der Waals surface area (Å²) < 4.78 is 0. The van der Waals surface area contributed by atoms with Crippen molar-refractivity contribution in [2.45, 2.75) is 26.7 Å². The molecule has 0 atom stereocenters. The molecule has 0 aromatic carbocycles. The van der Waals surface area contributed by atoms with Crippen molar-refractivity contribution in [3.05, 3.63) is 12.4 Å². The smallest absolute Gasteiger partial charge is 0.300 e. The predicted octanol–water partition coefficient (Wildman–Crippen LogP) is 1.83. The summed E-state index contributed by atoms with van der Waals surface area (Å²) in [6, 6.07) is 0.00926. The summed E-state index contributed by atoms with van der Waals surface area (Å²) in [7, 11) is 3.40. The lowest BCUT2D eigenvalue weighted by Gasteiger charge is -2.38. The van der Waals surface area contributed by atoms with Crippen LogP contribution in [-0.2, 0) is 4.79 Å². The minimum atomic E-state index is 0.00926. The Morgan fingerprint density at radius 3 is 1.64 bits per heavy atom. The van der Waals surface area contributed by atoms with Crippen molar-refractivity contribution in [2.75, 3.05) is 14.1 Å². The van der Waals surface area contributed by atoms with Gasteiger partial charge in [-0.2, -0.15) is 0 Å². The fraction of sp³-hybridized carbons (Fsp3) is 0.600. The van der Waals surface area contributed by atoms with Gasteiger partial charge in [-0.3, -0.25) is 14.6 Å². The summed E-state index contributed by atoms with van der Waals surface area (Å²) in [5.74, 6) is 1.10. The van der Waals surface area contributed by atoms with E-state index in [2.05, 4.69) is 6.58 Å². The van der Waals surface area contributed by atoms with E-state index in [-0.39, 0.29) is 6.03 Å². The van der Waals surface area contributed by atoms with E-state index < -0.39 is 0 Å². The van der Waals surface area contributed by atoms with Gasteiger partial charge in [0.05, 0.1) is 0 Å². The number of carbonyl (C=O) groups is 2. The molecule has 1 fully saturated rings. The Morgan fingerprint density at radius 1 is 1.21 bits per heavy atom. The third-order valence-electron chi connectivity index (χ3n) is 2.14. The quantitative estimate of drug-likeness (QED) is 0.679. The number of hydrogen-bond donors (Lipinski definition) is 0. The molecule has 0 N–H and O–H groups in total. The Hall–Kier alpha value is -1.32. The number of hydrogen-bond acceptors (Lipinski definition) is 2. The molecule has 1 rings (SSSR count). The average molecular weight is 198 g/mol. The molecule has 0 aromatic heterocycles. The van der Waals surface area contributed by atoms with Crippen LogP contribution in [0.4, 0.5) is 4.79 Å². The Labute approximate surface area is 85.2 Å². The number of nitrogens with zero attached hydrogens (tertiary/aromatic N) is 2. The van der Waals surface area contributed by atoms with Crippen LogP contribution in [0.5, 0.6) is 0 Å². The number of rotatable bonds is 2. The van der Waals surface area contributed by atoms with E-state index in [0.29, 0.717) is 18.6 Å². The van der Waals surface area contributed by atoms with E-state index in [1.54, 1.807) is 14.1 Å². The molecule has 0 aromatic rings. The zero-order valence-corrected chi connectivity index (χ0v) is 9.33. The molecule has 1 aliphatic heterocycles. The second kappa shape index (κ2) is 5.42. The van der Waals surface area contributed by atoms with Crippen LogP contribution in [0.3, 0.4) is 0 Å². The van der Waals surface area contributed by atoms with Crippen molar-refractivity contribution in [3.63, 3.8) is 0 Å². The first-order valence-corrected chi connectivity index (χ1v) is 4.67. The molecule has 0 aliphatic carbocycles. The summed E-state index contributed by atoms with van der Waals surface area (Å²) in [5, 5.41) is 0. The van der Waals surface area contributed by atoms with Gasteiger partial charge in [0.15, 0.2) is 0 Å². The van der Waals surface area contributed by atoms with Crippen molar-refractivity contribution < 1.29 is 9.59 Å². The molecule has 1 heterocycles. The predicted molar refractivity (Wildman–Crippen MR) is 55.7 cm³/mol. The maximum atomic E-state index is 10.6. The molecule has 4 heteroatoms. The summed E-state index contributed by atoms with van der Waals surface area (Å²) in [6.07, 6.45) is 1.38. The molecule has 0 unspecified atom stereocenters. The topological polar surface area (TPSA) is 40.6 Å². The monoisotopic (exact) mass is 198 g/mol. The third kappa shape index (κ3) is 2.87. The van der Waals surface area contributed by atoms with Crippen molar-refractivity contribution in [1.82, 2.24) is 9.80 Å². The van der Waals surface area contributed by atoms with E-state index in [1.807, 2.05) is 13.8 Å². The maximum Gasteiger partial charge on any atom is 0.330 e. The van der Waals surface area contributed by atoms with Gasteiger partial charge >= 0.3 is 6.03 Å². The maximum absolute atomic E-state index is 10.6. The second-order valence-corrected chi connectivity index (χ2v) is 3.06. The largest absolute Gasteiger partial charge is 0.330 e. The lowest BCUT2D eigenvalue weighted by atomic mass is 10.3. The summed E-state index contributed by atoms with van der Waals surface area (Å²) in [4.78, 5) is 23.7. The van der Waals surface area contributed by atoms with Crippen molar-refractivity contribution in [2.24, 2.45) is 0 Å². The first-order chi connectivity index (χ1) is 6.45. The Kier molecular flexibility index (Phi) is 4.91. The van der Waals surface area contributed by atoms with Crippen LogP contribution in [0, 0.1) is 0 Å². The van der Waals surface area contributed by atoms with E-state index in [0.717, 1.165) is 5.82 Å². The highest BCUT2D eigenvalue weighted by atomic mass is 16.2. The molecule has 0 bridgehead atoms. The van der Waals surface area contributed by atoms with Gasteiger partial charge in [0.25, 0.3) is 0 Å². The molecule has 1 saturated heterocycles. The molecule has 14 heavy (non-hydrogen) atoms. The van der Waals surface area contributed by atoms with Gasteiger partial charge in [0.2, 0.25) is 0 Å². The normalized spacial score (nSPS) is 14.6. The van der Waals surface area contributed by atoms with Crippen LogP contribution < -0.4 is 0 Å². The lowest BCUT2D eigenvalue weighted by molar-refractivity contribution is -0.118. The zero-order valence-electron chi connectivity index (χ0n) is 9.33. The van der Waals surface area contributed by atoms with Gasteiger partial charge in [-0.25, -0.2) is 4.79 Å². The standard InChI is InChI=1S/C5H8N2O.C5H10O/c1-4-6(2)5(8)7(4)3;1-3-5(6)4-2/h1H2,2-3H3;3-4H2,1-2H3. The number of amides is 2. The Bertz CT molecular complexity index is 213. The third-order valence-corrected chi connectivity index (χ3v) is 2.14. The number of carbonyl (C=O) groups excluding carboxylic acids is 2. The molecular formula is C10H18N2O2. The van der Waals surface area contributed by atoms with Gasteiger partial charge in [-0.1, -0.05) is 20.4 Å². The molecule has 1 aliphatic rings. The van der Waals surface area contributed by atoms with Gasteiger partial charge in [-0.05, 0) is 0 Å². The molecule has 0 spiro atoms. The van der Waals surface area contributed by atoms with Crippen LogP contribution in [0.2, 0.25) is 0 Å². The average Bonchev–Trinajstić information content (AvgIpc) is 2.25. The minimum absolute atomic E-state index is 0.00926. The van der Waals surface area contributed by atoms with Crippen LogP contribution >= 0.6 is 0 Å². The van der Waals surface area contributed by atoms with Crippen molar-refractivity contribution >= 4 is 11.8 Å². The molecule has 80 valence electrons. The molecule has 0 saturated carbocycles. The molecule has 2 amide bonds. The van der Waals surface area contributed by atoms with Crippen molar-refractivity contribution in [1.29, 1.82) is 0 Å². The fourth-order valence-electron chi connectivity index (χ4n) is 0.876. The Morgan fingerprint density at radius 2 is 1.57 bits per heavy atom. The summed E-state index contributed by atoms with van der Waals surface area (Å²) >= 11 is 0. The van der Waals surface area contributed by atoms with E-state index in [1.165, 1.54) is 9.80 Å². The second-order valence-electron chi connectivity index (χ2n) is 3.06. The fourth-order valence-corrected chi connectivity index (χ4v) is 0.876. The van der Waals surface area contributed by atoms with Crippen molar-refractivity contribution in [3.8, 4) is 0 Å². The highest BCUT2D eigenvalue weighted by Crippen LogP contribution is 2.17. The number of urea groups is 1. The first-order valence-electron chi connectivity index (χ1n) is 4.67. The first kappa shape index (κ1) is 12.7. The van der Waals surface area contributed by atoms with Crippen LogP contribution in [0.25, 0.3) is 0 Å². The lowest BCUT2D eigenvalue weighted by Crippen LogP contribution is -2.52. The minimum Gasteiger partial charge on any atom is -0.300 e. The van der Waals surface area contributed by atoms with Crippen LogP contribution in [0.15, 0.2) is 12.4 Å². The van der Waals surface area contributed by atoms with Gasteiger partial charge in [0.1, 0.15) is 11.6 Å². The van der Waals surface area contributed by atoms with Crippen LogP contribution in [0.1, 0.15) is 26.7 Å². The molecular weight excluding hydrogens is 180 g/mol. The molecule has 4 nitrogen and oxygen atoms in total. The van der Waals surface area contributed by atoms with E-state index in [4.69, 9.17) is 0 Å².